The lowest BCUT2D eigenvalue weighted by Crippen LogP contribution is -2.07. The molecule has 2 rings (SSSR count). The fourth-order valence-corrected chi connectivity index (χ4v) is 2.26. The third kappa shape index (κ3) is 3.48. The van der Waals surface area contributed by atoms with Crippen molar-refractivity contribution in [2.45, 2.75) is 26.9 Å². The fraction of sp³-hybridized carbons (Fsp3) is 0.235. The summed E-state index contributed by atoms with van der Waals surface area (Å²) < 4.78 is 6.56. The van der Waals surface area contributed by atoms with Crippen LogP contribution in [0.4, 0.5) is 0 Å². The molecule has 0 saturated carbocycles. The van der Waals surface area contributed by atoms with E-state index in [2.05, 4.69) is 15.9 Å². The molecule has 104 valence electrons. The molecule has 0 unspecified atom stereocenters. The number of benzene rings is 2. The van der Waals surface area contributed by atoms with Crippen LogP contribution in [0.5, 0.6) is 5.75 Å². The molecule has 20 heavy (non-hydrogen) atoms. The third-order valence-corrected chi connectivity index (χ3v) is 3.76. The lowest BCUT2D eigenvalue weighted by atomic mass is 10.0. The third-order valence-electron chi connectivity index (χ3n) is 2.90. The van der Waals surface area contributed by atoms with E-state index in [9.17, 15) is 4.79 Å². The van der Waals surface area contributed by atoms with Crippen LogP contribution < -0.4 is 4.74 Å². The van der Waals surface area contributed by atoms with Crippen LogP contribution in [0.2, 0.25) is 0 Å². The Kier molecular flexibility index (Phi) is 4.61. The molecule has 0 aliphatic rings. The summed E-state index contributed by atoms with van der Waals surface area (Å²) in [5.41, 5.74) is 2.42. The molecule has 0 saturated heterocycles. The standard InChI is InChI=1S/C17H17BrO2/c1-11(2)20-15-6-4-5-13(9-15)17(19)14-8-7-12(3)16(18)10-14/h4-11H,1-3H3. The molecule has 0 bridgehead atoms. The van der Waals surface area contributed by atoms with Crippen LogP contribution in [0.15, 0.2) is 46.9 Å². The van der Waals surface area contributed by atoms with Crippen molar-refractivity contribution in [2.75, 3.05) is 0 Å². The first-order chi connectivity index (χ1) is 9.47. The summed E-state index contributed by atoms with van der Waals surface area (Å²) in [7, 11) is 0. The van der Waals surface area contributed by atoms with Crippen LogP contribution in [0.25, 0.3) is 0 Å². The van der Waals surface area contributed by atoms with Crippen molar-refractivity contribution in [2.24, 2.45) is 0 Å². The largest absolute Gasteiger partial charge is 0.491 e. The topological polar surface area (TPSA) is 26.3 Å². The minimum absolute atomic E-state index is 0.0000869. The van der Waals surface area contributed by atoms with Gasteiger partial charge in [0.25, 0.3) is 0 Å². The van der Waals surface area contributed by atoms with Gasteiger partial charge >= 0.3 is 0 Å². The highest BCUT2D eigenvalue weighted by molar-refractivity contribution is 9.10. The Morgan fingerprint density at radius 2 is 1.80 bits per heavy atom. The average molecular weight is 333 g/mol. The summed E-state index contributed by atoms with van der Waals surface area (Å²) in [5, 5.41) is 0. The molecular weight excluding hydrogens is 316 g/mol. The van der Waals surface area contributed by atoms with E-state index in [1.165, 1.54) is 0 Å². The summed E-state index contributed by atoms with van der Waals surface area (Å²) >= 11 is 3.46. The minimum atomic E-state index is -0.0000869. The van der Waals surface area contributed by atoms with Gasteiger partial charge in [0.2, 0.25) is 0 Å². The van der Waals surface area contributed by atoms with E-state index in [4.69, 9.17) is 4.74 Å². The van der Waals surface area contributed by atoms with Crippen molar-refractivity contribution in [1.82, 2.24) is 0 Å². The number of ether oxygens (including phenoxy) is 1. The van der Waals surface area contributed by atoms with Crippen LogP contribution in [0, 0.1) is 6.92 Å². The zero-order valence-electron chi connectivity index (χ0n) is 11.8. The van der Waals surface area contributed by atoms with Crippen LogP contribution >= 0.6 is 15.9 Å². The molecule has 0 N–H and O–H groups in total. The number of ketones is 1. The van der Waals surface area contributed by atoms with Crippen molar-refractivity contribution in [3.05, 3.63) is 63.6 Å². The molecule has 0 aliphatic carbocycles. The van der Waals surface area contributed by atoms with Crippen molar-refractivity contribution < 1.29 is 9.53 Å². The maximum atomic E-state index is 12.5. The number of aryl methyl sites for hydroxylation is 1. The Morgan fingerprint density at radius 3 is 2.45 bits per heavy atom. The van der Waals surface area contributed by atoms with E-state index in [-0.39, 0.29) is 11.9 Å². The molecule has 0 fully saturated rings. The van der Waals surface area contributed by atoms with Gasteiger partial charge in [0, 0.05) is 15.6 Å². The number of rotatable bonds is 4. The number of carbonyl (C=O) groups is 1. The van der Waals surface area contributed by atoms with Gasteiger partial charge in [0.15, 0.2) is 5.78 Å². The lowest BCUT2D eigenvalue weighted by molar-refractivity contribution is 0.103. The second-order valence-electron chi connectivity index (χ2n) is 4.99. The highest BCUT2D eigenvalue weighted by Gasteiger charge is 2.11. The Labute approximate surface area is 127 Å². The minimum Gasteiger partial charge on any atom is -0.491 e. The van der Waals surface area contributed by atoms with Crippen molar-refractivity contribution in [3.8, 4) is 5.75 Å². The number of hydrogen-bond donors (Lipinski definition) is 0. The van der Waals surface area contributed by atoms with Gasteiger partial charge in [-0.25, -0.2) is 0 Å². The SMILES string of the molecule is Cc1ccc(C(=O)c2cccc(OC(C)C)c2)cc1Br. The van der Waals surface area contributed by atoms with Crippen LogP contribution in [0.3, 0.4) is 0 Å². The monoisotopic (exact) mass is 332 g/mol. The quantitative estimate of drug-likeness (QED) is 0.753. The molecule has 0 amide bonds. The predicted octanol–water partition coefficient (Wildman–Crippen LogP) is 4.78. The van der Waals surface area contributed by atoms with E-state index < -0.39 is 0 Å². The Morgan fingerprint density at radius 1 is 1.10 bits per heavy atom. The number of carbonyl (C=O) groups excluding carboxylic acids is 1. The van der Waals surface area contributed by atoms with E-state index in [1.54, 1.807) is 6.07 Å². The fourth-order valence-electron chi connectivity index (χ4n) is 1.88. The summed E-state index contributed by atoms with van der Waals surface area (Å²) in [6, 6.07) is 12.9. The zero-order valence-corrected chi connectivity index (χ0v) is 13.4. The van der Waals surface area contributed by atoms with Gasteiger partial charge in [-0.15, -0.1) is 0 Å². The first-order valence-corrected chi connectivity index (χ1v) is 7.34. The Hall–Kier alpha value is -1.61. The van der Waals surface area contributed by atoms with Gasteiger partial charge < -0.3 is 4.74 Å². The number of halogens is 1. The number of hydrogen-bond acceptors (Lipinski definition) is 2. The van der Waals surface area contributed by atoms with Crippen molar-refractivity contribution in [1.29, 1.82) is 0 Å². The molecule has 0 radical (unpaired) electrons. The van der Waals surface area contributed by atoms with E-state index in [0.29, 0.717) is 11.1 Å². The van der Waals surface area contributed by atoms with Gasteiger partial charge in [0.1, 0.15) is 5.75 Å². The zero-order chi connectivity index (χ0) is 14.7. The highest BCUT2D eigenvalue weighted by Crippen LogP contribution is 2.22. The average Bonchev–Trinajstić information content (AvgIpc) is 2.40. The molecule has 0 spiro atoms. The normalized spacial score (nSPS) is 10.7. The van der Waals surface area contributed by atoms with E-state index in [0.717, 1.165) is 15.8 Å². The predicted molar refractivity (Wildman–Crippen MR) is 84.5 cm³/mol. The molecule has 0 aliphatic heterocycles. The molecule has 3 heteroatoms. The van der Waals surface area contributed by atoms with Crippen LogP contribution in [-0.2, 0) is 0 Å². The van der Waals surface area contributed by atoms with Gasteiger partial charge in [-0.05, 0) is 44.5 Å². The maximum absolute atomic E-state index is 12.5. The van der Waals surface area contributed by atoms with Gasteiger partial charge in [0.05, 0.1) is 6.10 Å². The van der Waals surface area contributed by atoms with Crippen LogP contribution in [0.1, 0.15) is 35.3 Å². The molecule has 2 aromatic rings. The first-order valence-electron chi connectivity index (χ1n) is 6.55. The summed E-state index contributed by atoms with van der Waals surface area (Å²) in [6.45, 7) is 5.92. The van der Waals surface area contributed by atoms with Crippen molar-refractivity contribution >= 4 is 21.7 Å². The second-order valence-corrected chi connectivity index (χ2v) is 5.84. The second kappa shape index (κ2) is 6.23. The Bertz CT molecular complexity index is 633. The lowest BCUT2D eigenvalue weighted by Gasteiger charge is -2.10. The summed E-state index contributed by atoms with van der Waals surface area (Å²) in [6.07, 6.45) is 0.0915. The molecule has 0 aromatic heterocycles. The van der Waals surface area contributed by atoms with E-state index in [1.807, 2.05) is 57.2 Å². The molecular formula is C17H17BrO2. The maximum Gasteiger partial charge on any atom is 0.193 e. The summed E-state index contributed by atoms with van der Waals surface area (Å²) in [4.78, 5) is 12.5. The van der Waals surface area contributed by atoms with E-state index >= 15 is 0 Å². The van der Waals surface area contributed by atoms with Gasteiger partial charge in [-0.3, -0.25) is 4.79 Å². The van der Waals surface area contributed by atoms with Gasteiger partial charge in [-0.2, -0.15) is 0 Å². The highest BCUT2D eigenvalue weighted by atomic mass is 79.9. The Balaban J connectivity index is 2.30. The smallest absolute Gasteiger partial charge is 0.193 e. The molecule has 2 aromatic carbocycles. The van der Waals surface area contributed by atoms with Gasteiger partial charge in [-0.1, -0.05) is 40.2 Å². The van der Waals surface area contributed by atoms with Crippen molar-refractivity contribution in [3.63, 3.8) is 0 Å². The molecule has 0 atom stereocenters. The van der Waals surface area contributed by atoms with Crippen LogP contribution in [-0.4, -0.2) is 11.9 Å². The molecule has 2 nitrogen and oxygen atoms in total. The first kappa shape index (κ1) is 14.8. The summed E-state index contributed by atoms with van der Waals surface area (Å²) in [5.74, 6) is 0.719. The molecule has 0 heterocycles.